The molecule has 1 fully saturated rings. The van der Waals surface area contributed by atoms with Crippen LogP contribution in [0.4, 0.5) is 17.6 Å². The van der Waals surface area contributed by atoms with E-state index in [1.165, 1.54) is 24.4 Å². The number of para-hydroxylation sites is 1. The number of alkyl halides is 3. The van der Waals surface area contributed by atoms with Crippen LogP contribution in [0.5, 0.6) is 11.5 Å². The number of pyridine rings is 1. The normalized spacial score (nSPS) is 18.7. The highest BCUT2D eigenvalue weighted by Gasteiger charge is 2.43. The van der Waals surface area contributed by atoms with Crippen LogP contribution in [0.2, 0.25) is 0 Å². The Hall–Kier alpha value is -4.54. The summed E-state index contributed by atoms with van der Waals surface area (Å²) < 4.78 is 71.7. The molecule has 45 heavy (non-hydrogen) atoms. The number of halogens is 4. The lowest BCUT2D eigenvalue weighted by atomic mass is 9.88. The number of H-pyrrole nitrogens is 1. The molecule has 9 nitrogen and oxygen atoms in total. The number of nitriles is 1. The molecule has 0 amide bonds. The van der Waals surface area contributed by atoms with Crippen molar-refractivity contribution in [2.24, 2.45) is 0 Å². The Balaban J connectivity index is 1.15. The lowest BCUT2D eigenvalue weighted by Gasteiger charge is -2.33. The molecule has 2 aromatic carbocycles. The molecule has 1 saturated heterocycles. The Kier molecular flexibility index (Phi) is 8.20. The minimum absolute atomic E-state index is 0.0690. The number of hydrogen-bond acceptors (Lipinski definition) is 8. The van der Waals surface area contributed by atoms with Gasteiger partial charge in [-0.1, -0.05) is 12.1 Å². The Morgan fingerprint density at radius 2 is 1.96 bits per heavy atom. The first-order chi connectivity index (χ1) is 21.6. The van der Waals surface area contributed by atoms with Crippen molar-refractivity contribution < 1.29 is 31.8 Å². The minimum atomic E-state index is -4.62. The molecular formula is C32H30F4N6O3. The molecule has 0 radical (unpaired) electrons. The van der Waals surface area contributed by atoms with Gasteiger partial charge in [-0.15, -0.1) is 0 Å². The summed E-state index contributed by atoms with van der Waals surface area (Å²) in [5, 5.41) is 14.8. The number of nitrogens with zero attached hydrogens (tertiary/aromatic N) is 5. The third-order valence-electron chi connectivity index (χ3n) is 8.25. The van der Waals surface area contributed by atoms with E-state index in [1.54, 1.807) is 26.2 Å². The number of rotatable bonds is 8. The van der Waals surface area contributed by atoms with Crippen molar-refractivity contribution in [3.05, 3.63) is 88.3 Å². The van der Waals surface area contributed by atoms with E-state index in [2.05, 4.69) is 20.0 Å². The smallest absolute Gasteiger partial charge is 0.444 e. The van der Waals surface area contributed by atoms with Gasteiger partial charge in [-0.3, -0.25) is 15.0 Å². The first kappa shape index (κ1) is 30.5. The maximum absolute atomic E-state index is 14.9. The molecule has 0 saturated carbocycles. The van der Waals surface area contributed by atoms with Gasteiger partial charge in [0.25, 0.3) is 5.79 Å². The molecule has 0 unspecified atom stereocenters. The number of aromatic amines is 1. The van der Waals surface area contributed by atoms with Crippen molar-refractivity contribution in [3.8, 4) is 29.0 Å². The van der Waals surface area contributed by atoms with Gasteiger partial charge in [0.15, 0.2) is 17.3 Å². The van der Waals surface area contributed by atoms with Crippen LogP contribution in [0.25, 0.3) is 11.4 Å². The van der Waals surface area contributed by atoms with E-state index in [1.807, 2.05) is 23.3 Å². The monoisotopic (exact) mass is 622 g/mol. The minimum Gasteiger partial charge on any atom is -0.444 e. The fraction of sp³-hybridized carbons (Fsp3) is 0.375. The van der Waals surface area contributed by atoms with Gasteiger partial charge in [0, 0.05) is 37.9 Å². The third-order valence-corrected chi connectivity index (χ3v) is 8.25. The van der Waals surface area contributed by atoms with Gasteiger partial charge in [-0.2, -0.15) is 23.5 Å². The van der Waals surface area contributed by atoms with Gasteiger partial charge in [0.05, 0.1) is 29.5 Å². The molecule has 1 atom stereocenters. The Morgan fingerprint density at radius 1 is 1.16 bits per heavy atom. The second-order valence-electron chi connectivity index (χ2n) is 11.3. The average Bonchev–Trinajstić information content (AvgIpc) is 3.66. The Morgan fingerprint density at radius 3 is 2.64 bits per heavy atom. The highest BCUT2D eigenvalue weighted by atomic mass is 19.4. The van der Waals surface area contributed by atoms with Crippen molar-refractivity contribution >= 4 is 0 Å². The number of aromatic nitrogens is 4. The second kappa shape index (κ2) is 12.1. The number of nitrogens with one attached hydrogen (secondary N) is 1. The van der Waals surface area contributed by atoms with Gasteiger partial charge in [-0.05, 0) is 74.2 Å². The van der Waals surface area contributed by atoms with E-state index in [0.29, 0.717) is 36.6 Å². The van der Waals surface area contributed by atoms with Crippen LogP contribution in [0.3, 0.4) is 0 Å². The average molecular weight is 623 g/mol. The Bertz CT molecular complexity index is 1750. The van der Waals surface area contributed by atoms with E-state index in [4.69, 9.17) is 19.5 Å². The highest BCUT2D eigenvalue weighted by Crippen LogP contribution is 2.49. The van der Waals surface area contributed by atoms with Crippen LogP contribution in [0, 0.1) is 17.1 Å². The number of benzene rings is 2. The van der Waals surface area contributed by atoms with E-state index in [-0.39, 0.29) is 22.9 Å². The van der Waals surface area contributed by atoms with Gasteiger partial charge in [-0.25, -0.2) is 9.37 Å². The van der Waals surface area contributed by atoms with Crippen molar-refractivity contribution in [1.29, 1.82) is 5.26 Å². The van der Waals surface area contributed by atoms with E-state index in [9.17, 15) is 17.6 Å². The largest absolute Gasteiger partial charge is 0.451 e. The molecule has 4 aromatic rings. The molecular weight excluding hydrogens is 592 g/mol. The zero-order chi connectivity index (χ0) is 31.8. The summed E-state index contributed by atoms with van der Waals surface area (Å²) in [5.74, 6) is -1.84. The van der Waals surface area contributed by atoms with Crippen molar-refractivity contribution in [1.82, 2.24) is 25.1 Å². The second-order valence-corrected chi connectivity index (χ2v) is 11.3. The van der Waals surface area contributed by atoms with Crippen LogP contribution < -0.4 is 9.47 Å². The number of fused-ring (bicyclic) bond motifs is 1. The molecule has 2 aliphatic rings. The standard InChI is InChI=1S/C32H30F4N6O3/c1-31(24-7-6-19(16-37)14-25(24)33)44-27-5-3-4-23(28(27)45-31)20-8-11-42(12-9-20)18-26-21(10-13-43-2)15-22(17-38-26)29-39-30(41-40-29)32(34,35)36/h3-7,14-15,17,20H,8-13,18H2,1-2H3,(H,39,40,41)/t31-/m1/s1. The maximum Gasteiger partial charge on any atom is 0.451 e. The number of hydrogen-bond donors (Lipinski definition) is 1. The van der Waals surface area contributed by atoms with Crippen LogP contribution in [-0.4, -0.2) is 51.9 Å². The predicted molar refractivity (Wildman–Crippen MR) is 154 cm³/mol. The summed E-state index contributed by atoms with van der Waals surface area (Å²) in [5.41, 5.74) is 3.49. The number of likely N-dealkylation sites (tertiary alicyclic amines) is 1. The zero-order valence-corrected chi connectivity index (χ0v) is 24.6. The van der Waals surface area contributed by atoms with E-state index in [0.717, 1.165) is 42.8 Å². The topological polar surface area (TPSA) is 109 Å². The predicted octanol–water partition coefficient (Wildman–Crippen LogP) is 6.11. The molecule has 0 bridgehead atoms. The zero-order valence-electron chi connectivity index (χ0n) is 24.6. The van der Waals surface area contributed by atoms with Crippen molar-refractivity contribution in [3.63, 3.8) is 0 Å². The Labute approximate surface area is 256 Å². The van der Waals surface area contributed by atoms with Crippen LogP contribution >= 0.6 is 0 Å². The summed E-state index contributed by atoms with van der Waals surface area (Å²) in [6.45, 7) is 4.21. The van der Waals surface area contributed by atoms with E-state index < -0.39 is 23.6 Å². The quantitative estimate of drug-likeness (QED) is 0.235. The SMILES string of the molecule is COCCc1cc(-c2n[nH]c(C(F)(F)F)n2)cnc1CN1CCC(c2cccc3c2O[C@](C)(c2ccc(C#N)cc2F)O3)CC1. The highest BCUT2D eigenvalue weighted by molar-refractivity contribution is 5.55. The molecule has 1 N–H and O–H groups in total. The maximum atomic E-state index is 14.9. The number of methoxy groups -OCH3 is 1. The van der Waals surface area contributed by atoms with Crippen molar-refractivity contribution in [2.75, 3.05) is 26.8 Å². The fourth-order valence-electron chi connectivity index (χ4n) is 5.90. The van der Waals surface area contributed by atoms with Gasteiger partial charge in [0.2, 0.25) is 5.82 Å². The van der Waals surface area contributed by atoms with Gasteiger partial charge in [0.1, 0.15) is 5.82 Å². The van der Waals surface area contributed by atoms with E-state index >= 15 is 0 Å². The first-order valence-electron chi connectivity index (χ1n) is 14.5. The summed E-state index contributed by atoms with van der Waals surface area (Å²) in [6, 6.07) is 13.7. The summed E-state index contributed by atoms with van der Waals surface area (Å²) in [4.78, 5) is 10.5. The van der Waals surface area contributed by atoms with Crippen molar-refractivity contribution in [2.45, 2.75) is 50.6 Å². The fourth-order valence-corrected chi connectivity index (χ4v) is 5.90. The molecule has 4 heterocycles. The molecule has 0 spiro atoms. The molecule has 2 aromatic heterocycles. The number of piperidine rings is 1. The van der Waals surface area contributed by atoms with Crippen LogP contribution in [0.15, 0.2) is 48.7 Å². The first-order valence-corrected chi connectivity index (χ1v) is 14.5. The molecule has 13 heteroatoms. The van der Waals surface area contributed by atoms with Gasteiger partial charge < -0.3 is 14.2 Å². The van der Waals surface area contributed by atoms with Crippen LogP contribution in [-0.2, 0) is 29.7 Å². The molecule has 6 rings (SSSR count). The lowest BCUT2D eigenvalue weighted by Crippen LogP contribution is -2.34. The summed E-state index contributed by atoms with van der Waals surface area (Å²) in [6.07, 6.45) is -0.910. The number of ether oxygens (including phenoxy) is 3. The summed E-state index contributed by atoms with van der Waals surface area (Å²) >= 11 is 0. The van der Waals surface area contributed by atoms with Crippen LogP contribution in [0.1, 0.15) is 59.5 Å². The lowest BCUT2D eigenvalue weighted by molar-refractivity contribution is -0.144. The molecule has 0 aliphatic carbocycles. The molecule has 234 valence electrons. The third kappa shape index (κ3) is 6.21. The summed E-state index contributed by atoms with van der Waals surface area (Å²) in [7, 11) is 1.59. The molecule has 2 aliphatic heterocycles. The van der Waals surface area contributed by atoms with Gasteiger partial charge >= 0.3 is 6.18 Å².